The lowest BCUT2D eigenvalue weighted by Gasteiger charge is -2.44. The van der Waals surface area contributed by atoms with Crippen LogP contribution in [0.25, 0.3) is 0 Å². The van der Waals surface area contributed by atoms with E-state index in [1.54, 1.807) is 19.2 Å². The number of piperidine rings is 1. The first-order valence-electron chi connectivity index (χ1n) is 8.34. The van der Waals surface area contributed by atoms with Gasteiger partial charge in [-0.25, -0.2) is 0 Å². The van der Waals surface area contributed by atoms with Gasteiger partial charge in [0.15, 0.2) is 17.3 Å². The van der Waals surface area contributed by atoms with Crippen LogP contribution in [0.4, 0.5) is 0 Å². The molecule has 1 aromatic rings. The van der Waals surface area contributed by atoms with Gasteiger partial charge in [0.2, 0.25) is 11.7 Å². The number of likely N-dealkylation sites (tertiary alicyclic amines) is 1. The van der Waals surface area contributed by atoms with E-state index in [4.69, 9.17) is 14.2 Å². The Balaban J connectivity index is 1.84. The van der Waals surface area contributed by atoms with Crippen molar-refractivity contribution >= 4 is 27.6 Å². The largest absolute Gasteiger partial charge is 0.493 e. The lowest BCUT2D eigenvalue weighted by Crippen LogP contribution is -2.52. The highest BCUT2D eigenvalue weighted by Crippen LogP contribution is 2.47. The summed E-state index contributed by atoms with van der Waals surface area (Å²) in [6, 6.07) is 3.44. The average molecular weight is 412 g/mol. The van der Waals surface area contributed by atoms with Gasteiger partial charge in [0.1, 0.15) is 5.60 Å². The summed E-state index contributed by atoms with van der Waals surface area (Å²) in [5, 5.41) is 0.660. The van der Waals surface area contributed by atoms with Gasteiger partial charge in [-0.05, 0) is 12.1 Å². The molecular formula is C18H22BrNO5. The SMILES string of the molecule is COc1ccc2c(c1OC)OC1(CCN(C(=O)CCBr)CC1)CC2=O. The van der Waals surface area contributed by atoms with Crippen molar-refractivity contribution in [2.75, 3.05) is 32.6 Å². The number of halogens is 1. The normalized spacial score (nSPS) is 18.5. The summed E-state index contributed by atoms with van der Waals surface area (Å²) in [4.78, 5) is 26.6. The first kappa shape index (κ1) is 18.0. The van der Waals surface area contributed by atoms with E-state index in [1.807, 2.05) is 4.90 Å². The van der Waals surface area contributed by atoms with Gasteiger partial charge in [-0.15, -0.1) is 0 Å². The molecule has 0 unspecified atom stereocenters. The number of ether oxygens (including phenoxy) is 3. The molecule has 2 aliphatic heterocycles. The predicted octanol–water partition coefficient (Wildman–Crippen LogP) is 2.82. The Kier molecular flexibility index (Phi) is 5.22. The third kappa shape index (κ3) is 3.34. The summed E-state index contributed by atoms with van der Waals surface area (Å²) in [6.45, 7) is 1.20. The van der Waals surface area contributed by atoms with E-state index < -0.39 is 5.60 Å². The molecule has 1 fully saturated rings. The molecule has 2 heterocycles. The van der Waals surface area contributed by atoms with Crippen molar-refractivity contribution in [3.63, 3.8) is 0 Å². The van der Waals surface area contributed by atoms with Crippen LogP contribution in [0, 0.1) is 0 Å². The van der Waals surface area contributed by atoms with Crippen LogP contribution in [-0.2, 0) is 4.79 Å². The van der Waals surface area contributed by atoms with Crippen molar-refractivity contribution in [1.29, 1.82) is 0 Å². The summed E-state index contributed by atoms with van der Waals surface area (Å²) in [6.07, 6.45) is 2.08. The van der Waals surface area contributed by atoms with Gasteiger partial charge in [0, 0.05) is 37.7 Å². The maximum Gasteiger partial charge on any atom is 0.223 e. The Morgan fingerprint density at radius 3 is 2.60 bits per heavy atom. The fourth-order valence-electron chi connectivity index (χ4n) is 3.54. The molecule has 1 saturated heterocycles. The van der Waals surface area contributed by atoms with E-state index in [0.29, 0.717) is 66.9 Å². The molecule has 1 amide bonds. The Labute approximate surface area is 155 Å². The van der Waals surface area contributed by atoms with Gasteiger partial charge in [0.05, 0.1) is 26.2 Å². The van der Waals surface area contributed by atoms with Crippen LogP contribution >= 0.6 is 15.9 Å². The second-order valence-corrected chi connectivity index (χ2v) is 7.18. The Hall–Kier alpha value is -1.76. The van der Waals surface area contributed by atoms with E-state index in [1.165, 1.54) is 7.11 Å². The van der Waals surface area contributed by atoms with Crippen molar-refractivity contribution in [1.82, 2.24) is 4.90 Å². The zero-order valence-corrected chi connectivity index (χ0v) is 16.1. The van der Waals surface area contributed by atoms with Gasteiger partial charge in [-0.2, -0.15) is 0 Å². The molecule has 25 heavy (non-hydrogen) atoms. The molecule has 136 valence electrons. The third-order valence-corrected chi connectivity index (χ3v) is 5.33. The number of Topliss-reactive ketones (excluding diaryl/α,β-unsaturated/α-hetero) is 1. The molecule has 7 heteroatoms. The predicted molar refractivity (Wildman–Crippen MR) is 96.1 cm³/mol. The van der Waals surface area contributed by atoms with Crippen LogP contribution < -0.4 is 14.2 Å². The molecule has 1 aromatic carbocycles. The second-order valence-electron chi connectivity index (χ2n) is 6.38. The minimum Gasteiger partial charge on any atom is -0.493 e. The number of alkyl halides is 1. The second kappa shape index (κ2) is 7.23. The number of hydrogen-bond acceptors (Lipinski definition) is 5. The molecular weight excluding hydrogens is 390 g/mol. The maximum absolute atomic E-state index is 12.7. The minimum absolute atomic E-state index is 0.0439. The van der Waals surface area contributed by atoms with Crippen LogP contribution in [0.15, 0.2) is 12.1 Å². The van der Waals surface area contributed by atoms with Crippen LogP contribution in [0.2, 0.25) is 0 Å². The number of nitrogens with zero attached hydrogens (tertiary/aromatic N) is 1. The molecule has 0 saturated carbocycles. The standard InChI is InChI=1S/C18H22BrNO5/c1-23-14-4-3-12-13(21)11-18(25-16(12)17(14)24-2)6-9-20(10-7-18)15(22)5-8-19/h3-4H,5-11H2,1-2H3. The van der Waals surface area contributed by atoms with Crippen LogP contribution in [0.1, 0.15) is 36.0 Å². The Bertz CT molecular complexity index is 682. The molecule has 3 rings (SSSR count). The van der Waals surface area contributed by atoms with E-state index in [9.17, 15) is 9.59 Å². The molecule has 1 spiro atoms. The molecule has 2 aliphatic rings. The number of carbonyl (C=O) groups is 2. The summed E-state index contributed by atoms with van der Waals surface area (Å²) in [5.41, 5.74) is -0.0457. The fraction of sp³-hybridized carbons (Fsp3) is 0.556. The lowest BCUT2D eigenvalue weighted by atomic mass is 9.82. The summed E-state index contributed by atoms with van der Waals surface area (Å²) in [5.74, 6) is 1.62. The van der Waals surface area contributed by atoms with Crippen molar-refractivity contribution in [2.45, 2.75) is 31.3 Å². The van der Waals surface area contributed by atoms with Crippen molar-refractivity contribution in [3.8, 4) is 17.2 Å². The fourth-order valence-corrected chi connectivity index (χ4v) is 3.88. The summed E-state index contributed by atoms with van der Waals surface area (Å²) in [7, 11) is 3.09. The van der Waals surface area contributed by atoms with Gasteiger partial charge in [0.25, 0.3) is 0 Å². The number of ketones is 1. The van der Waals surface area contributed by atoms with E-state index in [0.717, 1.165) is 0 Å². The zero-order chi connectivity index (χ0) is 18.0. The number of benzene rings is 1. The van der Waals surface area contributed by atoms with Crippen LogP contribution in [0.5, 0.6) is 17.2 Å². The zero-order valence-electron chi connectivity index (χ0n) is 14.5. The highest BCUT2D eigenvalue weighted by atomic mass is 79.9. The van der Waals surface area contributed by atoms with E-state index in [-0.39, 0.29) is 11.7 Å². The molecule has 6 nitrogen and oxygen atoms in total. The average Bonchev–Trinajstić information content (AvgIpc) is 2.61. The number of methoxy groups -OCH3 is 2. The van der Waals surface area contributed by atoms with Crippen molar-refractivity contribution < 1.29 is 23.8 Å². The van der Waals surface area contributed by atoms with Crippen LogP contribution in [0.3, 0.4) is 0 Å². The molecule has 0 N–H and O–H groups in total. The quantitative estimate of drug-likeness (QED) is 0.712. The van der Waals surface area contributed by atoms with Gasteiger partial charge in [-0.1, -0.05) is 15.9 Å². The number of carbonyl (C=O) groups excluding carboxylic acids is 2. The molecule has 0 radical (unpaired) electrons. The number of rotatable bonds is 4. The van der Waals surface area contributed by atoms with E-state index >= 15 is 0 Å². The minimum atomic E-state index is -0.574. The molecule has 0 aromatic heterocycles. The van der Waals surface area contributed by atoms with E-state index in [2.05, 4.69) is 15.9 Å². The first-order valence-corrected chi connectivity index (χ1v) is 9.46. The lowest BCUT2D eigenvalue weighted by molar-refractivity contribution is -0.134. The van der Waals surface area contributed by atoms with Crippen molar-refractivity contribution in [3.05, 3.63) is 17.7 Å². The van der Waals surface area contributed by atoms with Crippen molar-refractivity contribution in [2.24, 2.45) is 0 Å². The highest BCUT2D eigenvalue weighted by Gasteiger charge is 2.45. The van der Waals surface area contributed by atoms with Crippen LogP contribution in [-0.4, -0.2) is 54.8 Å². The van der Waals surface area contributed by atoms with Gasteiger partial charge >= 0.3 is 0 Å². The molecule has 0 aliphatic carbocycles. The summed E-state index contributed by atoms with van der Waals surface area (Å²) < 4.78 is 17.1. The smallest absolute Gasteiger partial charge is 0.223 e. The maximum atomic E-state index is 12.7. The number of amides is 1. The highest BCUT2D eigenvalue weighted by molar-refractivity contribution is 9.09. The van der Waals surface area contributed by atoms with Gasteiger partial charge in [-0.3, -0.25) is 9.59 Å². The monoisotopic (exact) mass is 411 g/mol. The first-order chi connectivity index (χ1) is 12.0. The molecule has 0 atom stereocenters. The topological polar surface area (TPSA) is 65.1 Å². The Morgan fingerprint density at radius 1 is 1.28 bits per heavy atom. The number of hydrogen-bond donors (Lipinski definition) is 0. The Morgan fingerprint density at radius 2 is 2.00 bits per heavy atom. The molecule has 0 bridgehead atoms. The third-order valence-electron chi connectivity index (χ3n) is 4.94. The summed E-state index contributed by atoms with van der Waals surface area (Å²) >= 11 is 3.30. The number of fused-ring (bicyclic) bond motifs is 1. The van der Waals surface area contributed by atoms with Gasteiger partial charge < -0.3 is 19.1 Å².